The zero-order valence-corrected chi connectivity index (χ0v) is 10.9. The number of aryl methyl sites for hydroxylation is 1. The van der Waals surface area contributed by atoms with Crippen molar-refractivity contribution in [1.82, 2.24) is 0 Å². The number of aromatic carboxylic acids is 1. The van der Waals surface area contributed by atoms with Gasteiger partial charge in [0.05, 0.1) is 4.92 Å². The van der Waals surface area contributed by atoms with Gasteiger partial charge in [-0.1, -0.05) is 12.1 Å². The van der Waals surface area contributed by atoms with Gasteiger partial charge in [-0.25, -0.2) is 9.18 Å². The third kappa shape index (κ3) is 2.97. The van der Waals surface area contributed by atoms with Crippen LogP contribution in [-0.4, -0.2) is 16.0 Å². The predicted molar refractivity (Wildman–Crippen MR) is 71.3 cm³/mol. The van der Waals surface area contributed by atoms with Gasteiger partial charge in [0.15, 0.2) is 0 Å². The molecule has 0 aliphatic rings. The lowest BCUT2D eigenvalue weighted by Crippen LogP contribution is -2.02. The topological polar surface area (TPSA) is 89.7 Å². The number of nitro groups is 1. The second-order valence-corrected chi connectivity index (χ2v) is 4.23. The summed E-state index contributed by atoms with van der Waals surface area (Å²) in [6.45, 7) is 1.52. The van der Waals surface area contributed by atoms with Crippen LogP contribution >= 0.6 is 0 Å². The van der Waals surface area contributed by atoms with Gasteiger partial charge in [0.2, 0.25) is 5.75 Å². The van der Waals surface area contributed by atoms with E-state index in [2.05, 4.69) is 0 Å². The number of para-hydroxylation sites is 1. The van der Waals surface area contributed by atoms with E-state index in [1.54, 1.807) is 0 Å². The van der Waals surface area contributed by atoms with Crippen LogP contribution in [0, 0.1) is 22.9 Å². The fourth-order valence-electron chi connectivity index (χ4n) is 1.82. The highest BCUT2D eigenvalue weighted by atomic mass is 19.1. The van der Waals surface area contributed by atoms with E-state index in [0.717, 1.165) is 18.2 Å². The number of rotatable bonds is 4. The largest absolute Gasteiger partial charge is 0.478 e. The number of benzene rings is 2. The van der Waals surface area contributed by atoms with Gasteiger partial charge in [0.1, 0.15) is 17.1 Å². The van der Waals surface area contributed by atoms with E-state index in [9.17, 15) is 19.3 Å². The third-order valence-electron chi connectivity index (χ3n) is 2.78. The van der Waals surface area contributed by atoms with E-state index in [1.807, 2.05) is 0 Å². The van der Waals surface area contributed by atoms with E-state index in [4.69, 9.17) is 9.84 Å². The molecule has 0 amide bonds. The van der Waals surface area contributed by atoms with Crippen LogP contribution in [0.5, 0.6) is 11.5 Å². The minimum Gasteiger partial charge on any atom is -0.478 e. The number of hydrogen-bond donors (Lipinski definition) is 1. The quantitative estimate of drug-likeness (QED) is 0.687. The summed E-state index contributed by atoms with van der Waals surface area (Å²) in [7, 11) is 0. The minimum atomic E-state index is -1.32. The molecule has 0 saturated carbocycles. The first-order valence-electron chi connectivity index (χ1n) is 5.85. The van der Waals surface area contributed by atoms with E-state index in [0.29, 0.717) is 5.56 Å². The number of carboxylic acid groups (broad SMARTS) is 1. The molecule has 2 aromatic rings. The zero-order chi connectivity index (χ0) is 15.6. The number of halogens is 1. The van der Waals surface area contributed by atoms with Gasteiger partial charge in [-0.15, -0.1) is 0 Å². The second-order valence-electron chi connectivity index (χ2n) is 4.23. The Balaban J connectivity index is 2.53. The number of nitro benzene ring substituents is 1. The Morgan fingerprint density at radius 2 is 2.00 bits per heavy atom. The molecule has 2 rings (SSSR count). The van der Waals surface area contributed by atoms with Crippen LogP contribution in [0.2, 0.25) is 0 Å². The molecule has 0 bridgehead atoms. The molecular weight excluding hydrogens is 281 g/mol. The zero-order valence-electron chi connectivity index (χ0n) is 10.9. The summed E-state index contributed by atoms with van der Waals surface area (Å²) in [5, 5.41) is 20.1. The molecule has 7 heteroatoms. The van der Waals surface area contributed by atoms with Crippen molar-refractivity contribution in [2.45, 2.75) is 6.92 Å². The number of carboxylic acids is 1. The van der Waals surface area contributed by atoms with Gasteiger partial charge in [-0.2, -0.15) is 0 Å². The summed E-state index contributed by atoms with van der Waals surface area (Å²) in [6, 6.07) is 7.25. The smallest absolute Gasteiger partial charge is 0.339 e. The van der Waals surface area contributed by atoms with Crippen molar-refractivity contribution in [1.29, 1.82) is 0 Å². The summed E-state index contributed by atoms with van der Waals surface area (Å²) in [6.07, 6.45) is 0. The molecule has 0 spiro atoms. The molecule has 0 aromatic heterocycles. The Bertz CT molecular complexity index is 729. The lowest BCUT2D eigenvalue weighted by molar-refractivity contribution is -0.386. The Hall–Kier alpha value is -2.96. The molecule has 6 nitrogen and oxygen atoms in total. The van der Waals surface area contributed by atoms with Gasteiger partial charge in [0, 0.05) is 11.6 Å². The van der Waals surface area contributed by atoms with Crippen molar-refractivity contribution < 1.29 is 24.0 Å². The van der Waals surface area contributed by atoms with E-state index in [1.165, 1.54) is 25.1 Å². The van der Waals surface area contributed by atoms with Gasteiger partial charge >= 0.3 is 11.7 Å². The van der Waals surface area contributed by atoms with Crippen LogP contribution in [0.4, 0.5) is 10.1 Å². The van der Waals surface area contributed by atoms with Crippen LogP contribution in [0.1, 0.15) is 15.9 Å². The van der Waals surface area contributed by atoms with Gasteiger partial charge in [0.25, 0.3) is 0 Å². The number of nitrogens with zero attached hydrogens (tertiary/aromatic N) is 1. The van der Waals surface area contributed by atoms with Crippen LogP contribution in [0.15, 0.2) is 36.4 Å². The first-order valence-corrected chi connectivity index (χ1v) is 5.85. The van der Waals surface area contributed by atoms with Crippen LogP contribution in [0.3, 0.4) is 0 Å². The molecule has 0 aliphatic carbocycles. The summed E-state index contributed by atoms with van der Waals surface area (Å²) in [5.74, 6) is -2.46. The average Bonchev–Trinajstić information content (AvgIpc) is 2.37. The highest BCUT2D eigenvalue weighted by Crippen LogP contribution is 2.35. The first kappa shape index (κ1) is 14.4. The van der Waals surface area contributed by atoms with Crippen molar-refractivity contribution in [2.75, 3.05) is 0 Å². The predicted octanol–water partition coefficient (Wildman–Crippen LogP) is 3.53. The molecule has 1 N–H and O–H groups in total. The lowest BCUT2D eigenvalue weighted by Gasteiger charge is -2.10. The molecule has 0 heterocycles. The van der Waals surface area contributed by atoms with Crippen LogP contribution in [0.25, 0.3) is 0 Å². The summed E-state index contributed by atoms with van der Waals surface area (Å²) in [4.78, 5) is 21.5. The normalized spacial score (nSPS) is 10.2. The van der Waals surface area contributed by atoms with Gasteiger partial charge in [-0.05, 0) is 25.1 Å². The number of hydrogen-bond acceptors (Lipinski definition) is 4. The Labute approximate surface area is 118 Å². The van der Waals surface area contributed by atoms with E-state index in [-0.39, 0.29) is 22.7 Å². The summed E-state index contributed by atoms with van der Waals surface area (Å²) < 4.78 is 18.5. The standard InChI is InChI=1S/C14H10FNO5/c1-8-3-2-4-11(13(8)16(19)20)21-12-7-9(15)5-6-10(12)14(17)18/h2-7H,1H3,(H,17,18). The number of ether oxygens (including phenoxy) is 1. The fourth-order valence-corrected chi connectivity index (χ4v) is 1.82. The lowest BCUT2D eigenvalue weighted by atomic mass is 10.1. The van der Waals surface area contributed by atoms with Crippen molar-refractivity contribution in [3.8, 4) is 11.5 Å². The molecule has 21 heavy (non-hydrogen) atoms. The molecule has 0 fully saturated rings. The molecule has 2 aromatic carbocycles. The monoisotopic (exact) mass is 291 g/mol. The summed E-state index contributed by atoms with van der Waals surface area (Å²) >= 11 is 0. The van der Waals surface area contributed by atoms with Gasteiger partial charge < -0.3 is 9.84 Å². The van der Waals surface area contributed by atoms with Crippen LogP contribution in [-0.2, 0) is 0 Å². The maximum atomic E-state index is 13.2. The molecule has 0 unspecified atom stereocenters. The van der Waals surface area contributed by atoms with Crippen molar-refractivity contribution in [3.63, 3.8) is 0 Å². The Morgan fingerprint density at radius 1 is 1.29 bits per heavy atom. The minimum absolute atomic E-state index is 0.145. The highest BCUT2D eigenvalue weighted by molar-refractivity contribution is 5.91. The molecule has 108 valence electrons. The molecule has 0 aliphatic heterocycles. The average molecular weight is 291 g/mol. The second kappa shape index (κ2) is 5.58. The molecule has 0 atom stereocenters. The van der Waals surface area contributed by atoms with Crippen molar-refractivity contribution in [2.24, 2.45) is 0 Å². The number of carbonyl (C=O) groups is 1. The van der Waals surface area contributed by atoms with E-state index < -0.39 is 16.7 Å². The molecule has 0 saturated heterocycles. The van der Waals surface area contributed by atoms with Gasteiger partial charge in [-0.3, -0.25) is 10.1 Å². The molecule has 0 radical (unpaired) electrons. The van der Waals surface area contributed by atoms with Crippen molar-refractivity contribution in [3.05, 3.63) is 63.5 Å². The SMILES string of the molecule is Cc1cccc(Oc2cc(F)ccc2C(=O)O)c1[N+](=O)[O-]. The fraction of sp³-hybridized carbons (Fsp3) is 0.0714. The summed E-state index contributed by atoms with van der Waals surface area (Å²) in [5.41, 5.74) is -0.226. The Morgan fingerprint density at radius 3 is 2.62 bits per heavy atom. The van der Waals surface area contributed by atoms with Crippen LogP contribution < -0.4 is 4.74 Å². The highest BCUT2D eigenvalue weighted by Gasteiger charge is 2.21. The van der Waals surface area contributed by atoms with Crippen molar-refractivity contribution >= 4 is 11.7 Å². The first-order chi connectivity index (χ1) is 9.90. The van der Waals surface area contributed by atoms with E-state index >= 15 is 0 Å². The molecular formula is C14H10FNO5. The third-order valence-corrected chi connectivity index (χ3v) is 2.78. The Kier molecular flexibility index (Phi) is 3.84. The maximum Gasteiger partial charge on any atom is 0.339 e. The maximum absolute atomic E-state index is 13.2.